The minimum absolute atomic E-state index is 0.336. The molecule has 0 unspecified atom stereocenters. The van der Waals surface area contributed by atoms with Crippen molar-refractivity contribution < 1.29 is 4.74 Å². The number of likely N-dealkylation sites (N-methyl/N-ethyl adjacent to an activating group) is 2. The molecule has 0 N–H and O–H groups in total. The van der Waals surface area contributed by atoms with E-state index in [-0.39, 0.29) is 0 Å². The second-order valence-electron chi connectivity index (χ2n) is 5.08. The Morgan fingerprint density at radius 2 is 2.37 bits per heavy atom. The molecule has 1 aromatic heterocycles. The zero-order chi connectivity index (χ0) is 13.8. The van der Waals surface area contributed by atoms with E-state index in [1.54, 1.807) is 19.4 Å². The maximum atomic E-state index is 8.74. The number of rotatable bonds is 4. The Kier molecular flexibility index (Phi) is 4.35. The van der Waals surface area contributed by atoms with Gasteiger partial charge < -0.3 is 9.64 Å². The average Bonchev–Trinajstić information content (AvgIpc) is 2.79. The van der Waals surface area contributed by atoms with Crippen LogP contribution >= 0.6 is 0 Å². The third-order valence-corrected chi connectivity index (χ3v) is 3.77. The number of nitrogens with zero attached hydrogens (tertiary/aromatic N) is 4. The average molecular weight is 260 g/mol. The van der Waals surface area contributed by atoms with Gasteiger partial charge in [-0.1, -0.05) is 0 Å². The Morgan fingerprint density at radius 3 is 2.89 bits per heavy atom. The van der Waals surface area contributed by atoms with Gasteiger partial charge in [0.15, 0.2) is 0 Å². The molecule has 0 radical (unpaired) electrons. The molecule has 1 aliphatic heterocycles. The fraction of sp³-hybridized carbons (Fsp3) is 0.571. The quantitative estimate of drug-likeness (QED) is 0.811. The molecule has 0 aromatic carbocycles. The highest BCUT2D eigenvalue weighted by molar-refractivity contribution is 5.45. The molecular weight excluding hydrogens is 240 g/mol. The van der Waals surface area contributed by atoms with Crippen molar-refractivity contribution in [3.63, 3.8) is 0 Å². The summed E-state index contributed by atoms with van der Waals surface area (Å²) in [5.41, 5.74) is 1.49. The van der Waals surface area contributed by atoms with Gasteiger partial charge in [0, 0.05) is 33.3 Å². The molecule has 0 amide bonds. The van der Waals surface area contributed by atoms with E-state index in [1.165, 1.54) is 0 Å². The normalized spacial score (nSPS) is 23.3. The van der Waals surface area contributed by atoms with E-state index in [0.717, 1.165) is 25.2 Å². The number of hydrogen-bond acceptors (Lipinski definition) is 5. The van der Waals surface area contributed by atoms with Crippen LogP contribution in [0.25, 0.3) is 0 Å². The largest absolute Gasteiger partial charge is 0.380 e. The van der Waals surface area contributed by atoms with E-state index >= 15 is 0 Å². The second kappa shape index (κ2) is 6.00. The fourth-order valence-corrected chi connectivity index (χ4v) is 2.51. The van der Waals surface area contributed by atoms with Crippen LogP contribution in [0, 0.1) is 11.3 Å². The van der Waals surface area contributed by atoms with Crippen LogP contribution in [-0.4, -0.2) is 56.3 Å². The van der Waals surface area contributed by atoms with E-state index < -0.39 is 0 Å². The van der Waals surface area contributed by atoms with E-state index in [4.69, 9.17) is 10.00 Å². The highest BCUT2D eigenvalue weighted by Gasteiger charge is 2.30. The van der Waals surface area contributed by atoms with Crippen LogP contribution < -0.4 is 4.90 Å². The smallest absolute Gasteiger partial charge is 0.140 e. The lowest BCUT2D eigenvalue weighted by atomic mass is 10.2. The maximum Gasteiger partial charge on any atom is 0.140 e. The van der Waals surface area contributed by atoms with Gasteiger partial charge in [0.1, 0.15) is 11.8 Å². The molecule has 0 aliphatic carbocycles. The van der Waals surface area contributed by atoms with Crippen molar-refractivity contribution in [1.82, 2.24) is 9.88 Å². The molecule has 1 saturated heterocycles. The number of methoxy groups -OCH3 is 1. The zero-order valence-electron chi connectivity index (χ0n) is 11.7. The van der Waals surface area contributed by atoms with E-state index in [1.807, 2.05) is 12.1 Å². The van der Waals surface area contributed by atoms with Gasteiger partial charge in [0.05, 0.1) is 18.0 Å². The Labute approximate surface area is 114 Å². The van der Waals surface area contributed by atoms with Crippen molar-refractivity contribution in [1.29, 1.82) is 5.26 Å². The van der Waals surface area contributed by atoms with Crippen molar-refractivity contribution in [2.45, 2.75) is 18.6 Å². The van der Waals surface area contributed by atoms with Crippen LogP contribution in [-0.2, 0) is 4.74 Å². The summed E-state index contributed by atoms with van der Waals surface area (Å²) in [4.78, 5) is 8.61. The summed E-state index contributed by atoms with van der Waals surface area (Å²) < 4.78 is 5.42. The Hall–Kier alpha value is -1.64. The third-order valence-electron chi connectivity index (χ3n) is 3.77. The molecule has 2 atom stereocenters. The van der Waals surface area contributed by atoms with Crippen LogP contribution in [0.1, 0.15) is 12.1 Å². The van der Waals surface area contributed by atoms with Crippen molar-refractivity contribution in [3.8, 4) is 6.07 Å². The number of ether oxygens (including phenoxy) is 1. The Morgan fingerprint density at radius 1 is 1.58 bits per heavy atom. The fourth-order valence-electron chi connectivity index (χ4n) is 2.51. The van der Waals surface area contributed by atoms with E-state index in [2.05, 4.69) is 28.9 Å². The number of pyridine rings is 1. The van der Waals surface area contributed by atoms with E-state index in [0.29, 0.717) is 17.8 Å². The summed E-state index contributed by atoms with van der Waals surface area (Å²) in [6.07, 6.45) is 3.14. The van der Waals surface area contributed by atoms with Crippen molar-refractivity contribution in [3.05, 3.63) is 24.0 Å². The lowest BCUT2D eigenvalue weighted by Crippen LogP contribution is -2.36. The number of aromatic nitrogens is 1. The van der Waals surface area contributed by atoms with Gasteiger partial charge in [0.25, 0.3) is 0 Å². The Balaban J connectivity index is 1.97. The highest BCUT2D eigenvalue weighted by Crippen LogP contribution is 2.21. The first-order chi connectivity index (χ1) is 9.13. The second-order valence-corrected chi connectivity index (χ2v) is 5.08. The maximum absolute atomic E-state index is 8.74. The molecule has 19 heavy (non-hydrogen) atoms. The van der Waals surface area contributed by atoms with Crippen LogP contribution in [0.3, 0.4) is 0 Å². The molecule has 102 valence electrons. The zero-order valence-corrected chi connectivity index (χ0v) is 11.7. The lowest BCUT2D eigenvalue weighted by molar-refractivity contribution is 0.111. The number of anilines is 1. The topological polar surface area (TPSA) is 52.4 Å². The summed E-state index contributed by atoms with van der Waals surface area (Å²) in [6, 6.07) is 6.21. The highest BCUT2D eigenvalue weighted by atomic mass is 16.5. The van der Waals surface area contributed by atoms with Crippen molar-refractivity contribution in [2.75, 3.05) is 39.2 Å². The summed E-state index contributed by atoms with van der Waals surface area (Å²) in [7, 11) is 5.96. The van der Waals surface area contributed by atoms with Gasteiger partial charge >= 0.3 is 0 Å². The van der Waals surface area contributed by atoms with Gasteiger partial charge in [-0.25, -0.2) is 4.98 Å². The molecule has 1 fully saturated rings. The van der Waals surface area contributed by atoms with Gasteiger partial charge in [-0.3, -0.25) is 4.90 Å². The molecule has 2 heterocycles. The summed E-state index contributed by atoms with van der Waals surface area (Å²) in [5, 5.41) is 8.74. The molecule has 2 rings (SSSR count). The molecule has 0 saturated carbocycles. The first kappa shape index (κ1) is 13.8. The van der Waals surface area contributed by atoms with Gasteiger partial charge in [-0.2, -0.15) is 5.26 Å². The lowest BCUT2D eigenvalue weighted by Gasteiger charge is -2.26. The molecular formula is C14H20N4O. The molecule has 0 spiro atoms. The minimum atomic E-state index is 0.336. The van der Waals surface area contributed by atoms with Crippen molar-refractivity contribution in [2.24, 2.45) is 0 Å². The summed E-state index contributed by atoms with van der Waals surface area (Å²) in [5.74, 6) is 0. The number of hydrogen-bond donors (Lipinski definition) is 0. The third kappa shape index (κ3) is 3.22. The Bertz CT molecular complexity index is 454. The monoisotopic (exact) mass is 260 g/mol. The van der Waals surface area contributed by atoms with E-state index in [9.17, 15) is 0 Å². The molecule has 5 heteroatoms. The van der Waals surface area contributed by atoms with Crippen LogP contribution in [0.4, 0.5) is 5.69 Å². The van der Waals surface area contributed by atoms with Crippen LogP contribution in [0.5, 0.6) is 0 Å². The molecule has 1 aliphatic rings. The van der Waals surface area contributed by atoms with Gasteiger partial charge in [-0.15, -0.1) is 0 Å². The molecule has 1 aromatic rings. The van der Waals surface area contributed by atoms with Gasteiger partial charge in [-0.05, 0) is 25.6 Å². The summed E-state index contributed by atoms with van der Waals surface area (Å²) in [6.45, 7) is 1.92. The SMILES string of the molecule is CO[C@H]1C[C@@H](CN(C)c2ccc(C#N)nc2)N(C)C1. The first-order valence-electron chi connectivity index (χ1n) is 6.44. The molecule has 5 nitrogen and oxygen atoms in total. The minimum Gasteiger partial charge on any atom is -0.380 e. The predicted molar refractivity (Wildman–Crippen MR) is 74.1 cm³/mol. The summed E-state index contributed by atoms with van der Waals surface area (Å²) >= 11 is 0. The first-order valence-corrected chi connectivity index (χ1v) is 6.44. The number of likely N-dealkylation sites (tertiary alicyclic amines) is 1. The van der Waals surface area contributed by atoms with Crippen molar-refractivity contribution >= 4 is 5.69 Å². The van der Waals surface area contributed by atoms with Crippen LogP contribution in [0.2, 0.25) is 0 Å². The number of nitriles is 1. The van der Waals surface area contributed by atoms with Gasteiger partial charge in [0.2, 0.25) is 0 Å². The standard InChI is InChI=1S/C14H20N4O/c1-17(12-5-4-11(7-15)16-8-12)9-13-6-14(19-3)10-18(13)2/h4-5,8,13-14H,6,9-10H2,1-3H3/t13-,14-/m0/s1. The van der Waals surface area contributed by atoms with Crippen LogP contribution in [0.15, 0.2) is 18.3 Å². The predicted octanol–water partition coefficient (Wildman–Crippen LogP) is 1.11. The molecule has 0 bridgehead atoms.